The largest absolute Gasteiger partial charge is 0.435 e. The Hall–Kier alpha value is -2.55. The first kappa shape index (κ1) is 29.9. The summed E-state index contributed by atoms with van der Waals surface area (Å²) in [4.78, 5) is 31.7. The van der Waals surface area contributed by atoms with Crippen LogP contribution in [0.4, 0.5) is 8.78 Å². The highest BCUT2D eigenvalue weighted by molar-refractivity contribution is 5.86. The SMILES string of the molecule is Cl.O=C(CC1CC1)C([C@@H]1CNC[C@@H]1c1ccccc1)N1CCC2(CCN(Cc3ccc(OC(F)F)cc3)C2=O)CC1. The highest BCUT2D eigenvalue weighted by atomic mass is 35.5. The molecular formula is C32H40ClF2N3O3. The highest BCUT2D eigenvalue weighted by Crippen LogP contribution is 2.44. The van der Waals surface area contributed by atoms with Gasteiger partial charge in [-0.3, -0.25) is 14.5 Å². The standard InChI is InChI=1S/C32H39F2N3O3.ClH/c33-31(34)40-25-10-8-23(9-11-25)21-37-17-14-32(30(37)39)12-15-36(16-13-32)29(28(38)18-22-6-7-22)27-20-35-19-26(27)24-4-2-1-3-5-24;/h1-5,8-11,22,26-27,29,31,35H,6-7,12-21H2;1H/t26-,27-,29?;/m1./s1. The molecule has 1 amide bonds. The highest BCUT2D eigenvalue weighted by Gasteiger charge is 2.51. The van der Waals surface area contributed by atoms with Crippen molar-refractivity contribution < 1.29 is 23.1 Å². The quantitative estimate of drug-likeness (QED) is 0.411. The maximum absolute atomic E-state index is 13.8. The van der Waals surface area contributed by atoms with E-state index in [4.69, 9.17) is 0 Å². The molecule has 9 heteroatoms. The van der Waals surface area contributed by atoms with Gasteiger partial charge in [0.25, 0.3) is 0 Å². The van der Waals surface area contributed by atoms with Gasteiger partial charge in [-0.1, -0.05) is 42.5 Å². The zero-order chi connectivity index (χ0) is 27.7. The molecule has 1 unspecified atom stereocenters. The molecular weight excluding hydrogens is 548 g/mol. The number of hydrogen-bond donors (Lipinski definition) is 1. The van der Waals surface area contributed by atoms with Gasteiger partial charge in [0, 0.05) is 44.4 Å². The molecule has 3 saturated heterocycles. The Bertz CT molecular complexity index is 1190. The predicted octanol–water partition coefficient (Wildman–Crippen LogP) is 5.27. The van der Waals surface area contributed by atoms with Crippen LogP contribution in [0.25, 0.3) is 0 Å². The van der Waals surface area contributed by atoms with Crippen molar-refractivity contribution >= 4 is 24.1 Å². The summed E-state index contributed by atoms with van der Waals surface area (Å²) in [5.74, 6) is 1.78. The molecule has 0 aromatic heterocycles. The molecule has 0 radical (unpaired) electrons. The molecule has 222 valence electrons. The van der Waals surface area contributed by atoms with Gasteiger partial charge in [0.1, 0.15) is 5.75 Å². The van der Waals surface area contributed by atoms with Crippen LogP contribution in [-0.4, -0.2) is 66.9 Å². The average molecular weight is 588 g/mol. The summed E-state index contributed by atoms with van der Waals surface area (Å²) in [5.41, 5.74) is 1.83. The van der Waals surface area contributed by atoms with Crippen molar-refractivity contribution in [2.75, 3.05) is 32.7 Å². The number of benzene rings is 2. The zero-order valence-electron chi connectivity index (χ0n) is 23.4. The fourth-order valence-corrected chi connectivity index (χ4v) is 7.27. The van der Waals surface area contributed by atoms with E-state index in [0.29, 0.717) is 37.1 Å². The van der Waals surface area contributed by atoms with Crippen molar-refractivity contribution in [1.29, 1.82) is 0 Å². The first-order valence-electron chi connectivity index (χ1n) is 14.8. The molecule has 41 heavy (non-hydrogen) atoms. The summed E-state index contributed by atoms with van der Waals surface area (Å²) in [6, 6.07) is 17.0. The number of carbonyl (C=O) groups excluding carboxylic acids is 2. The topological polar surface area (TPSA) is 61.9 Å². The van der Waals surface area contributed by atoms with Gasteiger partial charge in [-0.2, -0.15) is 8.78 Å². The van der Waals surface area contributed by atoms with E-state index >= 15 is 0 Å². The van der Waals surface area contributed by atoms with E-state index < -0.39 is 6.61 Å². The number of amides is 1. The molecule has 1 aliphatic carbocycles. The van der Waals surface area contributed by atoms with Crippen molar-refractivity contribution in [3.8, 4) is 5.75 Å². The number of hydrogen-bond acceptors (Lipinski definition) is 5. The summed E-state index contributed by atoms with van der Waals surface area (Å²) in [7, 11) is 0. The lowest BCUT2D eigenvalue weighted by atomic mass is 9.74. The van der Waals surface area contributed by atoms with Crippen LogP contribution in [0.1, 0.15) is 55.6 Å². The van der Waals surface area contributed by atoms with Crippen molar-refractivity contribution in [1.82, 2.24) is 15.1 Å². The summed E-state index contributed by atoms with van der Waals surface area (Å²) < 4.78 is 29.4. The maximum atomic E-state index is 13.8. The molecule has 2 aromatic rings. The Morgan fingerprint density at radius 2 is 1.66 bits per heavy atom. The average Bonchev–Trinajstić information content (AvgIpc) is 3.56. The minimum absolute atomic E-state index is 0. The second kappa shape index (κ2) is 12.8. The monoisotopic (exact) mass is 587 g/mol. The molecule has 6 rings (SSSR count). The van der Waals surface area contributed by atoms with Crippen LogP contribution in [0.5, 0.6) is 5.75 Å². The van der Waals surface area contributed by atoms with E-state index in [2.05, 4.69) is 39.2 Å². The number of halogens is 3. The van der Waals surface area contributed by atoms with Crippen LogP contribution in [0.2, 0.25) is 0 Å². The van der Waals surface area contributed by atoms with Crippen LogP contribution < -0.4 is 10.1 Å². The molecule has 4 aliphatic rings. The number of alkyl halides is 2. The van der Waals surface area contributed by atoms with Gasteiger partial charge in [0.2, 0.25) is 5.91 Å². The van der Waals surface area contributed by atoms with E-state index in [-0.39, 0.29) is 41.4 Å². The third kappa shape index (κ3) is 6.60. The summed E-state index contributed by atoms with van der Waals surface area (Å²) >= 11 is 0. The lowest BCUT2D eigenvalue weighted by Gasteiger charge is -2.44. The minimum atomic E-state index is -2.85. The number of nitrogens with zero attached hydrogens (tertiary/aromatic N) is 2. The van der Waals surface area contributed by atoms with E-state index in [1.807, 2.05) is 11.0 Å². The lowest BCUT2D eigenvalue weighted by Crippen LogP contribution is -2.54. The fraction of sp³-hybridized carbons (Fsp3) is 0.562. The zero-order valence-corrected chi connectivity index (χ0v) is 24.2. The van der Waals surface area contributed by atoms with Crippen molar-refractivity contribution in [3.63, 3.8) is 0 Å². The number of piperidine rings is 1. The Balaban J connectivity index is 0.00000337. The smallest absolute Gasteiger partial charge is 0.387 e. The molecule has 2 aromatic carbocycles. The summed E-state index contributed by atoms with van der Waals surface area (Å²) in [6.45, 7) is 1.57. The molecule has 6 nitrogen and oxygen atoms in total. The Labute approximate surface area is 247 Å². The minimum Gasteiger partial charge on any atom is -0.435 e. The molecule has 1 N–H and O–H groups in total. The van der Waals surface area contributed by atoms with Gasteiger partial charge in [-0.15, -0.1) is 12.4 Å². The lowest BCUT2D eigenvalue weighted by molar-refractivity contribution is -0.140. The van der Waals surface area contributed by atoms with Crippen LogP contribution in [0.3, 0.4) is 0 Å². The van der Waals surface area contributed by atoms with Gasteiger partial charge in [-0.05, 0) is 74.4 Å². The Kier molecular flexibility index (Phi) is 9.31. The normalized spacial score (nSPS) is 25.0. The Morgan fingerprint density at radius 1 is 0.976 bits per heavy atom. The molecule has 0 bridgehead atoms. The predicted molar refractivity (Wildman–Crippen MR) is 155 cm³/mol. The van der Waals surface area contributed by atoms with E-state index in [0.717, 1.165) is 51.0 Å². The van der Waals surface area contributed by atoms with Crippen LogP contribution in [0.15, 0.2) is 54.6 Å². The third-order valence-electron chi connectivity index (χ3n) is 9.68. The first-order chi connectivity index (χ1) is 19.4. The van der Waals surface area contributed by atoms with Gasteiger partial charge < -0.3 is 15.0 Å². The van der Waals surface area contributed by atoms with Gasteiger partial charge >= 0.3 is 6.61 Å². The summed E-state index contributed by atoms with van der Waals surface area (Å²) in [5, 5.41) is 3.58. The Morgan fingerprint density at radius 3 is 2.32 bits per heavy atom. The maximum Gasteiger partial charge on any atom is 0.387 e. The molecule has 1 spiro atoms. The van der Waals surface area contributed by atoms with Crippen LogP contribution in [-0.2, 0) is 16.1 Å². The van der Waals surface area contributed by atoms with Crippen molar-refractivity contribution in [2.24, 2.45) is 17.3 Å². The van der Waals surface area contributed by atoms with Crippen molar-refractivity contribution in [2.45, 2.75) is 63.6 Å². The van der Waals surface area contributed by atoms with Crippen LogP contribution >= 0.6 is 12.4 Å². The number of carbonyl (C=O) groups is 2. The second-order valence-electron chi connectivity index (χ2n) is 12.2. The molecule has 3 atom stereocenters. The fourth-order valence-electron chi connectivity index (χ4n) is 7.27. The van der Waals surface area contributed by atoms with E-state index in [1.165, 1.54) is 30.5 Å². The number of likely N-dealkylation sites (tertiary alicyclic amines) is 2. The van der Waals surface area contributed by atoms with Crippen molar-refractivity contribution in [3.05, 3.63) is 65.7 Å². The van der Waals surface area contributed by atoms with Gasteiger partial charge in [-0.25, -0.2) is 0 Å². The molecule has 4 fully saturated rings. The number of ketones is 1. The molecule has 3 heterocycles. The number of Topliss-reactive ketones (excluding diaryl/α,β-unsaturated/α-hetero) is 1. The van der Waals surface area contributed by atoms with E-state index in [9.17, 15) is 18.4 Å². The van der Waals surface area contributed by atoms with E-state index in [1.54, 1.807) is 12.1 Å². The third-order valence-corrected chi connectivity index (χ3v) is 9.68. The molecule has 3 aliphatic heterocycles. The summed E-state index contributed by atoms with van der Waals surface area (Å²) in [6.07, 6.45) is 5.38. The van der Waals surface area contributed by atoms with Gasteiger partial charge in [0.15, 0.2) is 5.78 Å². The first-order valence-corrected chi connectivity index (χ1v) is 14.8. The van der Waals surface area contributed by atoms with Crippen LogP contribution in [0, 0.1) is 17.3 Å². The number of ether oxygens (including phenoxy) is 1. The molecule has 1 saturated carbocycles. The van der Waals surface area contributed by atoms with Gasteiger partial charge in [0.05, 0.1) is 11.5 Å². The number of nitrogens with one attached hydrogen (secondary N) is 1. The second-order valence-corrected chi connectivity index (χ2v) is 12.2. The number of rotatable bonds is 10.